The van der Waals surface area contributed by atoms with Gasteiger partial charge in [0, 0.05) is 0 Å². The lowest BCUT2D eigenvalue weighted by Gasteiger charge is -1.80. The van der Waals surface area contributed by atoms with Crippen LogP contribution in [0.15, 0.2) is 0 Å². The summed E-state index contributed by atoms with van der Waals surface area (Å²) in [5, 5.41) is 13.8. The van der Waals surface area contributed by atoms with Gasteiger partial charge in [-0.3, -0.25) is 0 Å². The van der Waals surface area contributed by atoms with Crippen molar-refractivity contribution in [1.82, 2.24) is 9.59 Å². The molecule has 0 aromatic carbocycles. The van der Waals surface area contributed by atoms with Crippen molar-refractivity contribution in [2.24, 2.45) is 0 Å². The fourth-order valence-corrected chi connectivity index (χ4v) is 0.871. The maximum atomic E-state index is 10.1. The lowest BCUT2D eigenvalue weighted by molar-refractivity contribution is 0.180. The molecule has 0 N–H and O–H groups in total. The van der Waals surface area contributed by atoms with Gasteiger partial charge < -0.3 is 0 Å². The van der Waals surface area contributed by atoms with Gasteiger partial charge in [0.15, 0.2) is 0 Å². The van der Waals surface area contributed by atoms with Crippen molar-refractivity contribution in [3.63, 3.8) is 0 Å². The largest absolute Gasteiger partial charge is 0.231 e. The van der Waals surface area contributed by atoms with Crippen molar-refractivity contribution < 1.29 is 5.11 Å². The highest BCUT2D eigenvalue weighted by molar-refractivity contribution is 7.05. The number of aromatic nitrogens is 2. The minimum atomic E-state index is -0.191. The predicted octanol–water partition coefficient (Wildman–Crippen LogP) is 0.777. The van der Waals surface area contributed by atoms with Crippen LogP contribution in [-0.4, -0.2) is 9.59 Å². The molecule has 0 bridgehead atoms. The van der Waals surface area contributed by atoms with Crippen LogP contribution < -0.4 is 0 Å². The summed E-state index contributed by atoms with van der Waals surface area (Å²) in [6, 6.07) is 0. The molecule has 0 aliphatic carbocycles. The maximum Gasteiger partial charge on any atom is 0.120 e. The molecule has 0 aliphatic rings. The highest BCUT2D eigenvalue weighted by atomic mass is 32.1. The molecular formula is C4H5N2OS. The molecule has 0 spiro atoms. The topological polar surface area (TPSA) is 45.7 Å². The molecule has 0 fully saturated rings. The minimum absolute atomic E-state index is 0.191. The van der Waals surface area contributed by atoms with Crippen LogP contribution in [0.5, 0.6) is 0 Å². The Labute approximate surface area is 51.1 Å². The van der Waals surface area contributed by atoms with Crippen LogP contribution in [0.3, 0.4) is 0 Å². The maximum absolute atomic E-state index is 10.1. The van der Waals surface area contributed by atoms with E-state index in [0.29, 0.717) is 0 Å². The summed E-state index contributed by atoms with van der Waals surface area (Å²) in [5.74, 6) is 0. The average molecular weight is 129 g/mol. The smallest absolute Gasteiger partial charge is 0.120 e. The molecule has 4 heteroatoms. The van der Waals surface area contributed by atoms with Gasteiger partial charge >= 0.3 is 0 Å². The Morgan fingerprint density at radius 2 is 2.50 bits per heavy atom. The van der Waals surface area contributed by atoms with E-state index in [4.69, 9.17) is 0 Å². The van der Waals surface area contributed by atoms with Gasteiger partial charge in [-0.15, -0.1) is 5.10 Å². The third-order valence-electron chi connectivity index (χ3n) is 0.876. The molecule has 0 unspecified atom stereocenters. The fourth-order valence-electron chi connectivity index (χ4n) is 0.384. The predicted molar refractivity (Wildman–Crippen MR) is 29.0 cm³/mol. The van der Waals surface area contributed by atoms with Crippen LogP contribution in [0.4, 0.5) is 0 Å². The van der Waals surface area contributed by atoms with Crippen LogP contribution in [0.2, 0.25) is 0 Å². The van der Waals surface area contributed by atoms with Crippen LogP contribution in [0.1, 0.15) is 10.6 Å². The summed E-state index contributed by atoms with van der Waals surface area (Å²) in [6.07, 6.45) is 0. The summed E-state index contributed by atoms with van der Waals surface area (Å²) in [6.45, 7) is 1.60. The van der Waals surface area contributed by atoms with Crippen molar-refractivity contribution in [2.75, 3.05) is 0 Å². The number of rotatable bonds is 1. The summed E-state index contributed by atoms with van der Waals surface area (Å²) in [4.78, 5) is 0.741. The van der Waals surface area contributed by atoms with E-state index in [-0.39, 0.29) is 6.61 Å². The Balaban J connectivity index is 2.92. The molecule has 3 nitrogen and oxygen atoms in total. The molecule has 1 heterocycles. The Hall–Kier alpha value is -0.480. The van der Waals surface area contributed by atoms with E-state index in [1.165, 1.54) is 11.5 Å². The highest BCUT2D eigenvalue weighted by Crippen LogP contribution is 2.07. The van der Waals surface area contributed by atoms with Crippen molar-refractivity contribution in [2.45, 2.75) is 13.5 Å². The SMILES string of the molecule is Cc1nnsc1C[O]. The van der Waals surface area contributed by atoms with Crippen molar-refractivity contribution in [3.8, 4) is 0 Å². The van der Waals surface area contributed by atoms with Gasteiger partial charge in [0.1, 0.15) is 6.61 Å². The van der Waals surface area contributed by atoms with E-state index in [1.807, 2.05) is 0 Å². The molecule has 0 aliphatic heterocycles. The van der Waals surface area contributed by atoms with Crippen LogP contribution in [-0.2, 0) is 11.7 Å². The van der Waals surface area contributed by atoms with E-state index in [9.17, 15) is 5.11 Å². The Morgan fingerprint density at radius 1 is 1.75 bits per heavy atom. The highest BCUT2D eigenvalue weighted by Gasteiger charge is 1.98. The van der Waals surface area contributed by atoms with E-state index >= 15 is 0 Å². The molecule has 0 amide bonds. The Bertz CT molecular complexity index is 174. The van der Waals surface area contributed by atoms with Gasteiger partial charge in [-0.2, -0.15) is 0 Å². The second kappa shape index (κ2) is 2.19. The summed E-state index contributed by atoms with van der Waals surface area (Å²) >= 11 is 1.18. The molecule has 1 aromatic rings. The molecule has 1 radical (unpaired) electrons. The molecule has 1 rings (SSSR count). The monoisotopic (exact) mass is 129 g/mol. The van der Waals surface area contributed by atoms with Crippen LogP contribution in [0, 0.1) is 6.92 Å². The first-order chi connectivity index (χ1) is 3.84. The number of hydrogen-bond acceptors (Lipinski definition) is 3. The zero-order valence-corrected chi connectivity index (χ0v) is 5.23. The van der Waals surface area contributed by atoms with Gasteiger partial charge in [0.05, 0.1) is 10.6 Å². The lowest BCUT2D eigenvalue weighted by Crippen LogP contribution is -1.78. The summed E-state index contributed by atoms with van der Waals surface area (Å²) in [5.41, 5.74) is 0.769. The molecule has 1 aromatic heterocycles. The quantitative estimate of drug-likeness (QED) is 0.562. The number of nitrogens with zero attached hydrogens (tertiary/aromatic N) is 2. The zero-order chi connectivity index (χ0) is 5.98. The van der Waals surface area contributed by atoms with Gasteiger partial charge in [-0.1, -0.05) is 4.49 Å². The lowest BCUT2D eigenvalue weighted by atomic mass is 10.4. The standard InChI is InChI=1S/C4H5N2OS/c1-3-4(2-7)8-6-5-3/h2H2,1H3. The van der Waals surface area contributed by atoms with Crippen molar-refractivity contribution in [3.05, 3.63) is 10.6 Å². The van der Waals surface area contributed by atoms with Crippen LogP contribution >= 0.6 is 11.5 Å². The van der Waals surface area contributed by atoms with Gasteiger partial charge in [-0.05, 0) is 18.5 Å². The van der Waals surface area contributed by atoms with Crippen LogP contribution in [0.25, 0.3) is 0 Å². The Morgan fingerprint density at radius 3 is 2.75 bits per heavy atom. The van der Waals surface area contributed by atoms with Gasteiger partial charge in [-0.25, -0.2) is 5.11 Å². The summed E-state index contributed by atoms with van der Waals surface area (Å²) < 4.78 is 3.58. The molecule has 43 valence electrons. The van der Waals surface area contributed by atoms with Gasteiger partial charge in [0.2, 0.25) is 0 Å². The van der Waals surface area contributed by atoms with Crippen molar-refractivity contribution >= 4 is 11.5 Å². The van der Waals surface area contributed by atoms with E-state index in [0.717, 1.165) is 10.6 Å². The molecule has 0 atom stereocenters. The van der Waals surface area contributed by atoms with E-state index < -0.39 is 0 Å². The molecule has 8 heavy (non-hydrogen) atoms. The second-order valence-corrected chi connectivity index (χ2v) is 2.26. The first-order valence-electron chi connectivity index (χ1n) is 2.20. The molecular weight excluding hydrogens is 124 g/mol. The third-order valence-corrected chi connectivity index (χ3v) is 1.67. The van der Waals surface area contributed by atoms with E-state index in [2.05, 4.69) is 9.59 Å². The fraction of sp³-hybridized carbons (Fsp3) is 0.500. The first kappa shape index (κ1) is 5.65. The minimum Gasteiger partial charge on any atom is -0.231 e. The Kier molecular flexibility index (Phi) is 1.55. The van der Waals surface area contributed by atoms with E-state index in [1.54, 1.807) is 6.92 Å². The zero-order valence-electron chi connectivity index (χ0n) is 4.42. The average Bonchev–Trinajstić information content (AvgIpc) is 2.14. The second-order valence-electron chi connectivity index (χ2n) is 1.43. The van der Waals surface area contributed by atoms with Crippen molar-refractivity contribution in [1.29, 1.82) is 0 Å². The summed E-state index contributed by atoms with van der Waals surface area (Å²) in [7, 11) is 0. The molecule has 0 saturated heterocycles. The molecule has 0 saturated carbocycles. The third kappa shape index (κ3) is 0.850. The van der Waals surface area contributed by atoms with Gasteiger partial charge in [0.25, 0.3) is 0 Å². The number of hydrogen-bond donors (Lipinski definition) is 0. The first-order valence-corrected chi connectivity index (χ1v) is 2.98. The number of aryl methyl sites for hydroxylation is 1. The normalized spacial score (nSPS) is 9.75.